The number of rotatable bonds is 4. The molecular formula is C18H25N3OS. The zero-order chi connectivity index (χ0) is 15.9. The molecule has 23 heavy (non-hydrogen) atoms. The van der Waals surface area contributed by atoms with Crippen LogP contribution >= 0.6 is 12.2 Å². The van der Waals surface area contributed by atoms with Crippen molar-refractivity contribution in [3.8, 4) is 0 Å². The van der Waals surface area contributed by atoms with Gasteiger partial charge in [0, 0.05) is 18.9 Å². The van der Waals surface area contributed by atoms with Crippen LogP contribution < -0.4 is 10.7 Å². The van der Waals surface area contributed by atoms with E-state index in [4.69, 9.17) is 17.0 Å². The molecule has 1 unspecified atom stereocenters. The first-order chi connectivity index (χ1) is 11.3. The number of benzene rings is 1. The Morgan fingerprint density at radius 3 is 2.65 bits per heavy atom. The van der Waals surface area contributed by atoms with E-state index >= 15 is 0 Å². The lowest BCUT2D eigenvalue weighted by Crippen LogP contribution is -2.37. The van der Waals surface area contributed by atoms with Gasteiger partial charge in [-0.05, 0) is 62.2 Å². The molecule has 0 radical (unpaired) electrons. The van der Waals surface area contributed by atoms with Crippen molar-refractivity contribution in [2.45, 2.75) is 50.5 Å². The molecule has 124 valence electrons. The molecule has 0 spiro atoms. The van der Waals surface area contributed by atoms with Crippen molar-refractivity contribution in [3.05, 3.63) is 35.9 Å². The summed E-state index contributed by atoms with van der Waals surface area (Å²) in [6.45, 7) is 1.64. The van der Waals surface area contributed by atoms with Crippen molar-refractivity contribution in [2.24, 2.45) is 5.10 Å². The first kappa shape index (κ1) is 16.4. The van der Waals surface area contributed by atoms with Gasteiger partial charge in [0.15, 0.2) is 5.11 Å². The summed E-state index contributed by atoms with van der Waals surface area (Å²) in [4.78, 5) is 0. The highest BCUT2D eigenvalue weighted by Gasteiger charge is 2.19. The molecule has 2 N–H and O–H groups in total. The van der Waals surface area contributed by atoms with Crippen molar-refractivity contribution in [3.63, 3.8) is 0 Å². The molecule has 0 aromatic heterocycles. The van der Waals surface area contributed by atoms with Crippen LogP contribution in [0.25, 0.3) is 0 Å². The van der Waals surface area contributed by atoms with Crippen LogP contribution in [0.15, 0.2) is 35.4 Å². The van der Waals surface area contributed by atoms with Gasteiger partial charge in [-0.3, -0.25) is 5.43 Å². The number of thiocarbonyl (C=S) groups is 1. The van der Waals surface area contributed by atoms with E-state index in [0.29, 0.717) is 17.1 Å². The molecule has 1 atom stereocenters. The molecular weight excluding hydrogens is 306 g/mol. The molecule has 1 saturated carbocycles. The van der Waals surface area contributed by atoms with Gasteiger partial charge in [0.05, 0.1) is 6.10 Å². The second-order valence-corrected chi connectivity index (χ2v) is 6.73. The molecule has 1 aromatic carbocycles. The predicted molar refractivity (Wildman–Crippen MR) is 97.8 cm³/mol. The van der Waals surface area contributed by atoms with Gasteiger partial charge in [0.25, 0.3) is 0 Å². The van der Waals surface area contributed by atoms with Crippen molar-refractivity contribution in [1.29, 1.82) is 0 Å². The van der Waals surface area contributed by atoms with Gasteiger partial charge in [-0.2, -0.15) is 5.10 Å². The quantitative estimate of drug-likeness (QED) is 0.656. The van der Waals surface area contributed by atoms with Crippen LogP contribution in [0.1, 0.15) is 50.0 Å². The number of ether oxygens (including phenoxy) is 1. The SMILES string of the molecule is S=C(NCC1CCCO1)NN=C1CCC(c2ccccc2)CC1. The molecule has 1 aliphatic carbocycles. The lowest BCUT2D eigenvalue weighted by Gasteiger charge is -2.23. The first-order valence-corrected chi connectivity index (χ1v) is 8.98. The molecule has 0 amide bonds. The van der Waals surface area contributed by atoms with Crippen molar-refractivity contribution in [1.82, 2.24) is 10.7 Å². The van der Waals surface area contributed by atoms with Gasteiger partial charge in [-0.25, -0.2) is 0 Å². The highest BCUT2D eigenvalue weighted by atomic mass is 32.1. The van der Waals surface area contributed by atoms with Crippen molar-refractivity contribution < 1.29 is 4.74 Å². The van der Waals surface area contributed by atoms with Gasteiger partial charge in [-0.15, -0.1) is 0 Å². The van der Waals surface area contributed by atoms with E-state index in [1.165, 1.54) is 24.1 Å². The van der Waals surface area contributed by atoms with Crippen molar-refractivity contribution in [2.75, 3.05) is 13.2 Å². The molecule has 1 aliphatic heterocycles. The average molecular weight is 331 g/mol. The maximum Gasteiger partial charge on any atom is 0.187 e. The van der Waals surface area contributed by atoms with E-state index < -0.39 is 0 Å². The highest BCUT2D eigenvalue weighted by Crippen LogP contribution is 2.31. The topological polar surface area (TPSA) is 45.6 Å². The monoisotopic (exact) mass is 331 g/mol. The lowest BCUT2D eigenvalue weighted by molar-refractivity contribution is 0.114. The first-order valence-electron chi connectivity index (χ1n) is 8.57. The van der Waals surface area contributed by atoms with E-state index in [-0.39, 0.29) is 0 Å². The molecule has 4 nitrogen and oxygen atoms in total. The Bertz CT molecular complexity index is 530. The minimum absolute atomic E-state index is 0.295. The standard InChI is InChI=1S/C18H25N3OS/c23-18(19-13-17-7-4-12-22-17)21-20-16-10-8-15(9-11-16)14-5-2-1-3-6-14/h1-3,5-6,15,17H,4,7-13H2,(H2,19,21,23). The fraction of sp³-hybridized carbons (Fsp3) is 0.556. The molecule has 1 heterocycles. The van der Waals surface area contributed by atoms with Gasteiger partial charge >= 0.3 is 0 Å². The van der Waals surface area contributed by atoms with E-state index in [2.05, 4.69) is 46.2 Å². The Balaban J connectivity index is 1.38. The fourth-order valence-corrected chi connectivity index (χ4v) is 3.43. The maximum atomic E-state index is 5.57. The van der Waals surface area contributed by atoms with Crippen LogP contribution in [-0.2, 0) is 4.74 Å². The second kappa shape index (κ2) is 8.41. The number of hydrogen-bond acceptors (Lipinski definition) is 3. The molecule has 1 aromatic rings. The molecule has 5 heteroatoms. The van der Waals surface area contributed by atoms with Crippen LogP contribution in [0.5, 0.6) is 0 Å². The van der Waals surface area contributed by atoms with Gasteiger partial charge in [0.1, 0.15) is 0 Å². The molecule has 3 rings (SSSR count). The lowest BCUT2D eigenvalue weighted by atomic mass is 9.83. The van der Waals surface area contributed by atoms with Crippen LogP contribution in [0.2, 0.25) is 0 Å². The summed E-state index contributed by atoms with van der Waals surface area (Å²) in [6.07, 6.45) is 6.98. The second-order valence-electron chi connectivity index (χ2n) is 6.32. The minimum Gasteiger partial charge on any atom is -0.376 e. The third kappa shape index (κ3) is 5.01. The van der Waals surface area contributed by atoms with E-state index in [1.54, 1.807) is 0 Å². The Hall–Kier alpha value is -1.46. The smallest absolute Gasteiger partial charge is 0.187 e. The summed E-state index contributed by atoms with van der Waals surface area (Å²) >= 11 is 5.27. The fourth-order valence-electron chi connectivity index (χ4n) is 3.30. The minimum atomic E-state index is 0.295. The zero-order valence-electron chi connectivity index (χ0n) is 13.5. The average Bonchev–Trinajstić information content (AvgIpc) is 3.13. The third-order valence-electron chi connectivity index (χ3n) is 4.66. The van der Waals surface area contributed by atoms with Crippen LogP contribution in [0.4, 0.5) is 0 Å². The zero-order valence-corrected chi connectivity index (χ0v) is 14.3. The van der Waals surface area contributed by atoms with Gasteiger partial charge in [-0.1, -0.05) is 30.3 Å². The van der Waals surface area contributed by atoms with E-state index in [0.717, 1.165) is 38.8 Å². The normalized spacial score (nSPS) is 24.3. The number of hydrazone groups is 1. The largest absolute Gasteiger partial charge is 0.376 e. The summed E-state index contributed by atoms with van der Waals surface area (Å²) in [5, 5.41) is 8.26. The Labute approximate surface area is 143 Å². The molecule has 0 bridgehead atoms. The maximum absolute atomic E-state index is 5.57. The van der Waals surface area contributed by atoms with Crippen LogP contribution in [0.3, 0.4) is 0 Å². The van der Waals surface area contributed by atoms with E-state index in [9.17, 15) is 0 Å². The van der Waals surface area contributed by atoms with E-state index in [1.807, 2.05) is 0 Å². The summed E-state index contributed by atoms with van der Waals surface area (Å²) in [5.41, 5.74) is 5.66. The Morgan fingerprint density at radius 1 is 1.17 bits per heavy atom. The summed E-state index contributed by atoms with van der Waals surface area (Å²) in [7, 11) is 0. The van der Waals surface area contributed by atoms with Crippen molar-refractivity contribution >= 4 is 23.0 Å². The van der Waals surface area contributed by atoms with Gasteiger partial charge in [0.2, 0.25) is 0 Å². The summed E-state index contributed by atoms with van der Waals surface area (Å²) < 4.78 is 5.57. The van der Waals surface area contributed by atoms with Crippen LogP contribution in [0, 0.1) is 0 Å². The molecule has 2 aliphatic rings. The number of nitrogens with zero attached hydrogens (tertiary/aromatic N) is 1. The Kier molecular flexibility index (Phi) is 6.00. The van der Waals surface area contributed by atoms with Gasteiger partial charge < -0.3 is 10.1 Å². The Morgan fingerprint density at radius 2 is 1.96 bits per heavy atom. The highest BCUT2D eigenvalue weighted by molar-refractivity contribution is 7.80. The molecule has 1 saturated heterocycles. The van der Waals surface area contributed by atoms with Crippen LogP contribution in [-0.4, -0.2) is 30.1 Å². The summed E-state index contributed by atoms with van der Waals surface area (Å²) in [6, 6.07) is 10.8. The molecule has 2 fully saturated rings. The number of nitrogens with one attached hydrogen (secondary N) is 2. The third-order valence-corrected chi connectivity index (χ3v) is 4.90. The summed E-state index contributed by atoms with van der Waals surface area (Å²) in [5.74, 6) is 0.666. The predicted octanol–water partition coefficient (Wildman–Crippen LogP) is 3.34. The number of hydrogen-bond donors (Lipinski definition) is 2.